The number of aryl methyl sites for hydroxylation is 1. The molecule has 1 nitrogen and oxygen atoms in total. The molecule has 24 heavy (non-hydrogen) atoms. The molecule has 2 atom stereocenters. The van der Waals surface area contributed by atoms with Crippen molar-refractivity contribution in [2.45, 2.75) is 57.7 Å². The minimum Gasteiger partial charge on any atom is -0.289 e. The highest BCUT2D eigenvalue weighted by molar-refractivity contribution is 5.68. The van der Waals surface area contributed by atoms with Gasteiger partial charge < -0.3 is 0 Å². The summed E-state index contributed by atoms with van der Waals surface area (Å²) in [4.78, 5) is 2.71. The maximum absolute atomic E-state index is 2.71. The van der Waals surface area contributed by atoms with Crippen LogP contribution >= 0.6 is 0 Å². The molecular formula is C23H27N. The molecular weight excluding hydrogens is 290 g/mol. The van der Waals surface area contributed by atoms with Crippen molar-refractivity contribution in [2.75, 3.05) is 0 Å². The molecule has 2 bridgehead atoms. The number of rotatable bonds is 5. The van der Waals surface area contributed by atoms with E-state index < -0.39 is 0 Å². The summed E-state index contributed by atoms with van der Waals surface area (Å²) in [5.74, 6) is 0. The minimum atomic E-state index is 0.620. The summed E-state index contributed by atoms with van der Waals surface area (Å²) in [7, 11) is 0. The highest BCUT2D eigenvalue weighted by atomic mass is 15.2. The van der Waals surface area contributed by atoms with Crippen LogP contribution in [-0.4, -0.2) is 17.0 Å². The van der Waals surface area contributed by atoms with Crippen molar-refractivity contribution >= 4 is 5.57 Å². The number of hydrogen-bond donors (Lipinski definition) is 0. The van der Waals surface area contributed by atoms with Crippen molar-refractivity contribution in [1.29, 1.82) is 0 Å². The SMILES string of the molecule is CCCc1ccc(C2=CC3CCC(C2)N3Cc2ccccc2)cc1. The molecule has 0 aliphatic carbocycles. The molecule has 1 fully saturated rings. The average molecular weight is 317 g/mol. The zero-order chi connectivity index (χ0) is 16.4. The Morgan fingerprint density at radius 3 is 2.42 bits per heavy atom. The van der Waals surface area contributed by atoms with Crippen LogP contribution in [0.4, 0.5) is 0 Å². The lowest BCUT2D eigenvalue weighted by atomic mass is 9.93. The Morgan fingerprint density at radius 2 is 1.71 bits per heavy atom. The van der Waals surface area contributed by atoms with E-state index in [9.17, 15) is 0 Å². The summed E-state index contributed by atoms with van der Waals surface area (Å²) in [6.07, 6.45) is 8.81. The van der Waals surface area contributed by atoms with Gasteiger partial charge in [-0.25, -0.2) is 0 Å². The third-order valence-electron chi connectivity index (χ3n) is 5.61. The molecule has 2 aliphatic heterocycles. The fourth-order valence-corrected chi connectivity index (χ4v) is 4.35. The summed E-state index contributed by atoms with van der Waals surface area (Å²) in [6, 6.07) is 21.6. The van der Waals surface area contributed by atoms with E-state index in [1.54, 1.807) is 5.57 Å². The summed E-state index contributed by atoms with van der Waals surface area (Å²) in [6.45, 7) is 3.34. The standard InChI is InChI=1S/C23H27N/c1-2-6-18-9-11-20(12-10-18)21-15-22-13-14-23(16-21)24(22)17-19-7-4-3-5-8-19/h3-5,7-12,15,22-23H,2,6,13-14,16-17H2,1H3. The topological polar surface area (TPSA) is 3.24 Å². The van der Waals surface area contributed by atoms with Crippen LogP contribution in [0.5, 0.6) is 0 Å². The lowest BCUT2D eigenvalue weighted by Gasteiger charge is -2.34. The normalized spacial score (nSPS) is 23.3. The van der Waals surface area contributed by atoms with Crippen LogP contribution in [0.1, 0.15) is 49.3 Å². The Hall–Kier alpha value is -1.86. The van der Waals surface area contributed by atoms with Crippen molar-refractivity contribution in [3.8, 4) is 0 Å². The summed E-state index contributed by atoms with van der Waals surface area (Å²) >= 11 is 0. The van der Waals surface area contributed by atoms with Gasteiger partial charge in [-0.3, -0.25) is 4.90 Å². The molecule has 2 aromatic carbocycles. The van der Waals surface area contributed by atoms with Crippen molar-refractivity contribution in [3.05, 3.63) is 77.4 Å². The first-order valence-corrected chi connectivity index (χ1v) is 9.43. The van der Waals surface area contributed by atoms with Crippen molar-refractivity contribution < 1.29 is 0 Å². The van der Waals surface area contributed by atoms with Crippen LogP contribution in [0.3, 0.4) is 0 Å². The molecule has 1 heteroatoms. The van der Waals surface area contributed by atoms with Gasteiger partial charge in [-0.15, -0.1) is 0 Å². The highest BCUT2D eigenvalue weighted by Gasteiger charge is 2.36. The molecule has 2 aliphatic rings. The molecule has 0 aromatic heterocycles. The fourth-order valence-electron chi connectivity index (χ4n) is 4.35. The molecule has 0 spiro atoms. The van der Waals surface area contributed by atoms with Crippen molar-refractivity contribution in [2.24, 2.45) is 0 Å². The number of nitrogens with zero attached hydrogens (tertiary/aromatic N) is 1. The summed E-state index contributed by atoms with van der Waals surface area (Å²) in [5.41, 5.74) is 5.91. The summed E-state index contributed by atoms with van der Waals surface area (Å²) in [5, 5.41) is 0. The van der Waals surface area contributed by atoms with Crippen LogP contribution in [0.25, 0.3) is 5.57 Å². The molecule has 0 saturated carbocycles. The second-order valence-corrected chi connectivity index (χ2v) is 7.30. The second-order valence-electron chi connectivity index (χ2n) is 7.30. The largest absolute Gasteiger partial charge is 0.289 e. The van der Waals surface area contributed by atoms with Crippen LogP contribution < -0.4 is 0 Å². The first-order chi connectivity index (χ1) is 11.8. The van der Waals surface area contributed by atoms with Crippen LogP contribution in [0, 0.1) is 0 Å². The van der Waals surface area contributed by atoms with Gasteiger partial charge in [0, 0.05) is 18.6 Å². The van der Waals surface area contributed by atoms with E-state index in [4.69, 9.17) is 0 Å². The third kappa shape index (κ3) is 3.18. The molecule has 1 saturated heterocycles. The molecule has 4 rings (SSSR count). The first kappa shape index (κ1) is 15.7. The number of hydrogen-bond acceptors (Lipinski definition) is 1. The smallest absolute Gasteiger partial charge is 0.0291 e. The van der Waals surface area contributed by atoms with E-state index >= 15 is 0 Å². The van der Waals surface area contributed by atoms with Gasteiger partial charge in [-0.2, -0.15) is 0 Å². The average Bonchev–Trinajstić information content (AvgIpc) is 2.85. The third-order valence-corrected chi connectivity index (χ3v) is 5.61. The van der Waals surface area contributed by atoms with Gasteiger partial charge in [0.1, 0.15) is 0 Å². The zero-order valence-corrected chi connectivity index (χ0v) is 14.6. The van der Waals surface area contributed by atoms with Crippen LogP contribution in [-0.2, 0) is 13.0 Å². The van der Waals surface area contributed by atoms with Crippen molar-refractivity contribution in [1.82, 2.24) is 4.90 Å². The van der Waals surface area contributed by atoms with Crippen molar-refractivity contribution in [3.63, 3.8) is 0 Å². The van der Waals surface area contributed by atoms with Gasteiger partial charge in [0.2, 0.25) is 0 Å². The monoisotopic (exact) mass is 317 g/mol. The fraction of sp³-hybridized carbons (Fsp3) is 0.391. The molecule has 2 unspecified atom stereocenters. The predicted octanol–water partition coefficient (Wildman–Crippen LogP) is 5.46. The van der Waals surface area contributed by atoms with E-state index in [0.29, 0.717) is 12.1 Å². The Labute approximate surface area is 146 Å². The number of fused-ring (bicyclic) bond motifs is 2. The van der Waals surface area contributed by atoms with E-state index in [2.05, 4.69) is 72.5 Å². The number of benzene rings is 2. The lowest BCUT2D eigenvalue weighted by Crippen LogP contribution is -2.37. The Balaban J connectivity index is 1.51. The summed E-state index contributed by atoms with van der Waals surface area (Å²) < 4.78 is 0. The molecule has 2 heterocycles. The Morgan fingerprint density at radius 1 is 0.917 bits per heavy atom. The highest BCUT2D eigenvalue weighted by Crippen LogP contribution is 2.39. The molecule has 0 radical (unpaired) electrons. The van der Waals surface area contributed by atoms with E-state index in [0.717, 1.165) is 6.54 Å². The molecule has 0 amide bonds. The van der Waals surface area contributed by atoms with Gasteiger partial charge in [-0.05, 0) is 47.9 Å². The van der Waals surface area contributed by atoms with E-state index in [-0.39, 0.29) is 0 Å². The lowest BCUT2D eigenvalue weighted by molar-refractivity contribution is 0.203. The second kappa shape index (κ2) is 6.94. The maximum atomic E-state index is 2.71. The maximum Gasteiger partial charge on any atom is 0.0291 e. The van der Waals surface area contributed by atoms with Gasteiger partial charge in [0.05, 0.1) is 0 Å². The quantitative estimate of drug-likeness (QED) is 0.708. The molecule has 124 valence electrons. The van der Waals surface area contributed by atoms with E-state index in [1.807, 2.05) is 0 Å². The van der Waals surface area contributed by atoms with Crippen LogP contribution in [0.15, 0.2) is 60.7 Å². The molecule has 2 aromatic rings. The van der Waals surface area contributed by atoms with Gasteiger partial charge in [0.25, 0.3) is 0 Å². The van der Waals surface area contributed by atoms with Gasteiger partial charge in [0.15, 0.2) is 0 Å². The van der Waals surface area contributed by atoms with Gasteiger partial charge >= 0.3 is 0 Å². The minimum absolute atomic E-state index is 0.620. The Kier molecular flexibility index (Phi) is 4.53. The zero-order valence-electron chi connectivity index (χ0n) is 14.6. The predicted molar refractivity (Wildman–Crippen MR) is 102 cm³/mol. The van der Waals surface area contributed by atoms with Crippen LogP contribution in [0.2, 0.25) is 0 Å². The Bertz CT molecular complexity index is 699. The van der Waals surface area contributed by atoms with E-state index in [1.165, 1.54) is 48.8 Å². The molecule has 0 N–H and O–H groups in total. The first-order valence-electron chi connectivity index (χ1n) is 9.43. The van der Waals surface area contributed by atoms with Gasteiger partial charge in [-0.1, -0.05) is 74.0 Å².